The van der Waals surface area contributed by atoms with E-state index in [1.165, 1.54) is 84.0 Å². The Morgan fingerprint density at radius 3 is 1.07 bits per heavy atom. The van der Waals surface area contributed by atoms with E-state index in [1.54, 1.807) is 54.9 Å². The lowest BCUT2D eigenvalue weighted by Crippen LogP contribution is -2.48. The number of ether oxygens (including phenoxy) is 2. The van der Waals surface area contributed by atoms with E-state index in [4.69, 9.17) is 15.2 Å². The Morgan fingerprint density at radius 2 is 0.790 bits per heavy atom. The molecule has 0 amide bonds. The number of carbonyl (C=O) groups excluding carboxylic acids is 2. The van der Waals surface area contributed by atoms with Gasteiger partial charge in [-0.2, -0.15) is 21.6 Å². The second kappa shape index (κ2) is 39.4. The molecule has 17 nitrogen and oxygen atoms in total. The van der Waals surface area contributed by atoms with Crippen LogP contribution in [0.15, 0.2) is 183 Å². The van der Waals surface area contributed by atoms with Gasteiger partial charge in [0, 0.05) is 115 Å². The zero-order chi connectivity index (χ0) is 86.7. The lowest BCUT2D eigenvalue weighted by atomic mass is 9.82. The van der Waals surface area contributed by atoms with Crippen molar-refractivity contribution in [2.24, 2.45) is 0 Å². The van der Waals surface area contributed by atoms with Gasteiger partial charge in [0.25, 0.3) is 0 Å². The zero-order valence-corrected chi connectivity index (χ0v) is 66.9. The maximum atomic E-state index is 15.6. The minimum absolute atomic E-state index is 0. The van der Waals surface area contributed by atoms with E-state index in [0.29, 0.717) is 23.9 Å². The topological polar surface area (TPSA) is 222 Å². The molecule has 0 bridgehead atoms. The number of aromatic nitrogens is 3. The molecule has 6 heterocycles. The molecule has 0 fully saturated rings. The van der Waals surface area contributed by atoms with Gasteiger partial charge in [0.15, 0.2) is 0 Å². The Kier molecular flexibility index (Phi) is 31.0. The van der Waals surface area contributed by atoms with Crippen molar-refractivity contribution in [1.82, 2.24) is 29.7 Å². The van der Waals surface area contributed by atoms with Crippen molar-refractivity contribution in [3.63, 3.8) is 0 Å². The van der Waals surface area contributed by atoms with Crippen molar-refractivity contribution in [2.45, 2.75) is 148 Å². The largest absolute Gasteiger partial charge is 0.534 e. The quantitative estimate of drug-likeness (QED) is 0.0161. The van der Waals surface area contributed by atoms with Crippen LogP contribution in [0.5, 0.6) is 5.75 Å². The molecular weight excluding hydrogens is 1590 g/mol. The molecule has 3 aliphatic heterocycles. The molecule has 6 unspecified atom stereocenters. The van der Waals surface area contributed by atoms with Crippen LogP contribution in [-0.4, -0.2) is 153 Å². The summed E-state index contributed by atoms with van der Waals surface area (Å²) in [6, 6.07) is 28.3. The Bertz CT molecular complexity index is 5220. The average molecular weight is 1680 g/mol. The van der Waals surface area contributed by atoms with Crippen molar-refractivity contribution in [1.29, 1.82) is 0 Å². The SMILES string of the molecule is C.CC1Cc2cc(-c3cccnc3)ccc2C(c2c(F)cc(/C=C/C(=O)O)cc2F)N1CC(C)(C)F.COC(=O)/C=C/c1cc(F)c(C2c3ccc(-c4cccnc4)cc3CC(C)N2CC(C)(C)F)c(F)c1.COC(=O)/C=C/c1cc(F)c(C2c3ccc(OS(=O)(=O)C(F)(F)F)cc3CC(C)N2CC(C)(C)F)c(F)c1.OB(O)c1cccnc1. The second-order valence-corrected chi connectivity index (χ2v) is 32.0. The van der Waals surface area contributed by atoms with Crippen LogP contribution in [0, 0.1) is 34.9 Å². The molecule has 0 aliphatic carbocycles. The molecule has 31 heteroatoms. The summed E-state index contributed by atoms with van der Waals surface area (Å²) < 4.78 is 212. The van der Waals surface area contributed by atoms with Gasteiger partial charge >= 0.3 is 40.7 Å². The molecule has 6 atom stereocenters. The molecular formula is C88H91BF12N6O11S. The summed E-state index contributed by atoms with van der Waals surface area (Å²) in [5.41, 5.74) is -3.04. The highest BCUT2D eigenvalue weighted by atomic mass is 32.2. The number of aliphatic carboxylic acids is 1. The number of carboxylic acids is 1. The molecule has 3 aromatic heterocycles. The molecule has 0 radical (unpaired) electrons. The van der Waals surface area contributed by atoms with Crippen LogP contribution in [-0.2, 0) is 53.2 Å². The fourth-order valence-corrected chi connectivity index (χ4v) is 14.9. The number of fused-ring (bicyclic) bond motifs is 3. The highest BCUT2D eigenvalue weighted by Crippen LogP contribution is 2.47. The summed E-state index contributed by atoms with van der Waals surface area (Å²) >= 11 is 0. The number of pyridine rings is 3. The Labute approximate surface area is 683 Å². The highest BCUT2D eigenvalue weighted by molar-refractivity contribution is 7.88. The molecule has 3 N–H and O–H groups in total. The van der Waals surface area contributed by atoms with Crippen molar-refractivity contribution in [3.05, 3.63) is 284 Å². The molecule has 6 aromatic carbocycles. The molecule has 119 heavy (non-hydrogen) atoms. The van der Waals surface area contributed by atoms with Crippen LogP contribution in [0.4, 0.5) is 52.7 Å². The number of rotatable bonds is 20. The smallest absolute Gasteiger partial charge is 0.478 e. The maximum Gasteiger partial charge on any atom is 0.534 e. The third-order valence-electron chi connectivity index (χ3n) is 19.4. The summed E-state index contributed by atoms with van der Waals surface area (Å²) in [7, 11) is -4.99. The Hall–Kier alpha value is -10.8. The van der Waals surface area contributed by atoms with Gasteiger partial charge in [-0.25, -0.2) is 53.9 Å². The van der Waals surface area contributed by atoms with Crippen molar-refractivity contribution >= 4 is 58.8 Å². The predicted molar refractivity (Wildman–Crippen MR) is 431 cm³/mol. The van der Waals surface area contributed by atoms with E-state index in [1.807, 2.05) is 79.4 Å². The first-order valence-electron chi connectivity index (χ1n) is 37.0. The fraction of sp³-hybridized carbons (Fsp3) is 0.318. The van der Waals surface area contributed by atoms with E-state index in [2.05, 4.69) is 28.6 Å². The van der Waals surface area contributed by atoms with E-state index < -0.39 is 128 Å². The van der Waals surface area contributed by atoms with Gasteiger partial charge in [-0.3, -0.25) is 29.7 Å². The number of halogens is 12. The highest BCUT2D eigenvalue weighted by Gasteiger charge is 2.49. The minimum atomic E-state index is -5.94. The Balaban J connectivity index is 0.000000210. The van der Waals surface area contributed by atoms with E-state index in [-0.39, 0.29) is 84.5 Å². The number of carboxylic acid groups (broad SMARTS) is 1. The van der Waals surface area contributed by atoms with Crippen molar-refractivity contribution in [3.8, 4) is 28.0 Å². The van der Waals surface area contributed by atoms with Crippen LogP contribution in [0.25, 0.3) is 40.5 Å². The number of alkyl halides is 6. The van der Waals surface area contributed by atoms with Gasteiger partial charge in [0.2, 0.25) is 0 Å². The average Bonchev–Trinajstić information content (AvgIpc) is 0.757. The second-order valence-electron chi connectivity index (χ2n) is 30.4. The minimum Gasteiger partial charge on any atom is -0.478 e. The third-order valence-corrected chi connectivity index (χ3v) is 20.4. The predicted octanol–water partition coefficient (Wildman–Crippen LogP) is 17.4. The lowest BCUT2D eigenvalue weighted by molar-refractivity contribution is -0.135. The summed E-state index contributed by atoms with van der Waals surface area (Å²) in [6.45, 7) is 13.7. The van der Waals surface area contributed by atoms with Crippen LogP contribution in [0.1, 0.15) is 155 Å². The first-order chi connectivity index (χ1) is 55.3. The van der Waals surface area contributed by atoms with Gasteiger partial charge in [-0.1, -0.05) is 68.1 Å². The van der Waals surface area contributed by atoms with Gasteiger partial charge in [0.05, 0.1) is 32.3 Å². The summed E-state index contributed by atoms with van der Waals surface area (Å²) in [5.74, 6) is -8.38. The third kappa shape index (κ3) is 24.5. The number of carbonyl (C=O) groups is 3. The van der Waals surface area contributed by atoms with E-state index >= 15 is 26.3 Å². The normalized spacial score (nSPS) is 17.7. The monoisotopic (exact) mass is 1680 g/mol. The number of hydrogen-bond acceptors (Lipinski definition) is 16. The van der Waals surface area contributed by atoms with Crippen LogP contribution in [0.2, 0.25) is 0 Å². The Morgan fingerprint density at radius 1 is 0.471 bits per heavy atom. The van der Waals surface area contributed by atoms with Crippen LogP contribution < -0.4 is 9.65 Å². The van der Waals surface area contributed by atoms with Crippen molar-refractivity contribution < 1.29 is 104 Å². The summed E-state index contributed by atoms with van der Waals surface area (Å²) in [6.07, 6.45) is 17.7. The standard InChI is InChI=1S/C29H29F3N2O2.C28H27F3N2O2.C25H25F6NO5S.C5H6BNO2.CH4/c1-18-12-22-15-20(21-6-5-11-33-16-21)8-9-23(22)28(34(18)17-29(2,3)32)27-24(30)13-19(14-25(27)31)7-10-26(35)36-4;1-17-11-21-14-19(20-5-4-10-32-15-20)7-8-22(21)27(33(17)16-28(2,3)31)26-23(29)12-18(13-24(26)30)6-9-25(34)35;1-14-9-16-12-17(37-38(34,35)25(29,30)31)6-7-18(16)23(32(14)13-24(2,3)28)22-19(26)10-15(11-20(22)27)5-8-21(33)36-4;8-6(9)5-2-1-3-7-4-5;/h5-11,13-16,18,28H,12,17H2,1-4H3;4-10,12-15,17,27H,11,16H2,1-3H3,(H,34,35);5-8,10-12,14,23H,9,13H2,1-4H3;1-4,8-9H;1H4/b10-7+;9-6+;8-5+;;. The number of methoxy groups -OCH3 is 2. The van der Waals surface area contributed by atoms with Gasteiger partial charge in [-0.05, 0) is 239 Å². The summed E-state index contributed by atoms with van der Waals surface area (Å²) in [4.78, 5) is 50.8. The van der Waals surface area contributed by atoms with Crippen LogP contribution >= 0.6 is 0 Å². The lowest BCUT2D eigenvalue weighted by Gasteiger charge is -2.44. The molecule has 0 spiro atoms. The number of esters is 2. The molecule has 3 aliphatic rings. The number of nitrogens with zero attached hydrogens (tertiary/aromatic N) is 6. The number of hydrogen-bond donors (Lipinski definition) is 3. The van der Waals surface area contributed by atoms with Crippen molar-refractivity contribution in [2.75, 3.05) is 33.9 Å². The fourth-order valence-electron chi connectivity index (χ4n) is 14.4. The van der Waals surface area contributed by atoms with Crippen LogP contribution in [0.3, 0.4) is 0 Å². The summed E-state index contributed by atoms with van der Waals surface area (Å²) in [5, 5.41) is 25.9. The molecule has 0 saturated heterocycles. The maximum absolute atomic E-state index is 15.6. The molecule has 12 rings (SSSR count). The number of benzene rings is 6. The first-order valence-corrected chi connectivity index (χ1v) is 38.4. The molecule has 632 valence electrons. The molecule has 9 aromatic rings. The zero-order valence-electron chi connectivity index (χ0n) is 66.1. The molecule has 0 saturated carbocycles. The first kappa shape index (κ1) is 93.7. The van der Waals surface area contributed by atoms with Gasteiger partial charge in [0.1, 0.15) is 57.7 Å². The van der Waals surface area contributed by atoms with E-state index in [0.717, 1.165) is 113 Å². The van der Waals surface area contributed by atoms with E-state index in [9.17, 15) is 49.1 Å². The van der Waals surface area contributed by atoms with Gasteiger partial charge < -0.3 is 28.8 Å². The van der Waals surface area contributed by atoms with Gasteiger partial charge in [-0.15, -0.1) is 0 Å².